The average Bonchev–Trinajstić information content (AvgIpc) is 3.02. The third-order valence-electron chi connectivity index (χ3n) is 2.98. The van der Waals surface area contributed by atoms with Crippen LogP contribution in [0, 0.1) is 6.92 Å². The Labute approximate surface area is 112 Å². The molecule has 2 aromatic rings. The topological polar surface area (TPSA) is 64.7 Å². The fraction of sp³-hybridized carbons (Fsp3) is 0.462. The highest BCUT2D eigenvalue weighted by Gasteiger charge is 2.12. The maximum Gasteiger partial charge on any atom is 0.255 e. The van der Waals surface area contributed by atoms with Gasteiger partial charge in [0.15, 0.2) is 0 Å². The van der Waals surface area contributed by atoms with Gasteiger partial charge in [-0.3, -0.25) is 14.2 Å². The maximum absolute atomic E-state index is 12.1. The highest BCUT2D eigenvalue weighted by atomic mass is 16.1. The first kappa shape index (κ1) is 13.3. The van der Waals surface area contributed by atoms with Gasteiger partial charge in [-0.05, 0) is 20.8 Å². The first-order chi connectivity index (χ1) is 9.13. The Morgan fingerprint density at radius 3 is 2.58 bits per heavy atom. The van der Waals surface area contributed by atoms with Crippen molar-refractivity contribution in [3.05, 3.63) is 35.4 Å². The van der Waals surface area contributed by atoms with Crippen LogP contribution in [0.25, 0.3) is 0 Å². The number of carbonyl (C=O) groups is 1. The van der Waals surface area contributed by atoms with Crippen molar-refractivity contribution < 1.29 is 4.79 Å². The van der Waals surface area contributed by atoms with Crippen LogP contribution >= 0.6 is 0 Å². The van der Waals surface area contributed by atoms with Crippen LogP contribution in [0.1, 0.15) is 35.5 Å². The van der Waals surface area contributed by atoms with Gasteiger partial charge < -0.3 is 5.32 Å². The SMILES string of the molecule is CCn1cc(CNC(=O)c2cn(CC)nc2C)cn1. The van der Waals surface area contributed by atoms with Gasteiger partial charge in [0, 0.05) is 37.6 Å². The van der Waals surface area contributed by atoms with Crippen LogP contribution in [0.4, 0.5) is 0 Å². The standard InChI is InChI=1S/C13H19N5O/c1-4-17-8-11(7-15-17)6-14-13(19)12-9-18(5-2)16-10(12)3/h7-9H,4-6H2,1-3H3,(H,14,19). The van der Waals surface area contributed by atoms with E-state index in [1.807, 2.05) is 31.6 Å². The Kier molecular flexibility index (Phi) is 3.99. The van der Waals surface area contributed by atoms with Crippen molar-refractivity contribution >= 4 is 5.91 Å². The summed E-state index contributed by atoms with van der Waals surface area (Å²) in [6, 6.07) is 0. The second-order valence-electron chi connectivity index (χ2n) is 4.37. The molecule has 6 heteroatoms. The lowest BCUT2D eigenvalue weighted by molar-refractivity contribution is 0.0950. The molecule has 0 fully saturated rings. The van der Waals surface area contributed by atoms with Crippen LogP contribution in [-0.4, -0.2) is 25.5 Å². The van der Waals surface area contributed by atoms with Crippen molar-refractivity contribution in [2.45, 2.75) is 40.4 Å². The Bertz CT molecular complexity index is 569. The summed E-state index contributed by atoms with van der Waals surface area (Å²) in [7, 11) is 0. The quantitative estimate of drug-likeness (QED) is 0.883. The van der Waals surface area contributed by atoms with E-state index in [4.69, 9.17) is 0 Å². The number of aromatic nitrogens is 4. The molecule has 0 aliphatic rings. The molecule has 0 atom stereocenters. The molecule has 0 aliphatic heterocycles. The number of aryl methyl sites for hydroxylation is 3. The summed E-state index contributed by atoms with van der Waals surface area (Å²) in [5.41, 5.74) is 2.38. The van der Waals surface area contributed by atoms with Gasteiger partial charge in [-0.1, -0.05) is 0 Å². The van der Waals surface area contributed by atoms with Crippen molar-refractivity contribution in [2.75, 3.05) is 0 Å². The Morgan fingerprint density at radius 2 is 2.00 bits per heavy atom. The van der Waals surface area contributed by atoms with E-state index in [0.29, 0.717) is 12.1 Å². The van der Waals surface area contributed by atoms with Crippen molar-refractivity contribution in [3.8, 4) is 0 Å². The molecule has 0 saturated carbocycles. The smallest absolute Gasteiger partial charge is 0.255 e. The number of hydrogen-bond donors (Lipinski definition) is 1. The minimum atomic E-state index is -0.0959. The van der Waals surface area contributed by atoms with Crippen molar-refractivity contribution in [2.24, 2.45) is 0 Å². The number of amides is 1. The van der Waals surface area contributed by atoms with Gasteiger partial charge in [-0.15, -0.1) is 0 Å². The van der Waals surface area contributed by atoms with E-state index >= 15 is 0 Å². The van der Waals surface area contributed by atoms with Crippen molar-refractivity contribution in [3.63, 3.8) is 0 Å². The summed E-state index contributed by atoms with van der Waals surface area (Å²) in [5.74, 6) is -0.0959. The summed E-state index contributed by atoms with van der Waals surface area (Å²) in [4.78, 5) is 12.1. The van der Waals surface area contributed by atoms with Crippen molar-refractivity contribution in [1.82, 2.24) is 24.9 Å². The van der Waals surface area contributed by atoms with E-state index in [0.717, 1.165) is 24.3 Å². The van der Waals surface area contributed by atoms with E-state index in [9.17, 15) is 4.79 Å². The fourth-order valence-corrected chi connectivity index (χ4v) is 1.85. The van der Waals surface area contributed by atoms with Crippen LogP contribution in [-0.2, 0) is 19.6 Å². The van der Waals surface area contributed by atoms with Gasteiger partial charge >= 0.3 is 0 Å². The molecule has 102 valence electrons. The molecular formula is C13H19N5O. The first-order valence-electron chi connectivity index (χ1n) is 6.47. The first-order valence-corrected chi connectivity index (χ1v) is 6.47. The zero-order valence-electron chi connectivity index (χ0n) is 11.6. The predicted molar refractivity (Wildman–Crippen MR) is 71.7 cm³/mol. The molecule has 2 rings (SSSR count). The van der Waals surface area contributed by atoms with Crippen LogP contribution in [0.15, 0.2) is 18.6 Å². The Hall–Kier alpha value is -2.11. The van der Waals surface area contributed by atoms with Gasteiger partial charge in [-0.25, -0.2) is 0 Å². The molecule has 19 heavy (non-hydrogen) atoms. The molecule has 1 amide bonds. The highest BCUT2D eigenvalue weighted by molar-refractivity contribution is 5.94. The number of carbonyl (C=O) groups excluding carboxylic acids is 1. The van der Waals surface area contributed by atoms with Gasteiger partial charge in [-0.2, -0.15) is 10.2 Å². The van der Waals surface area contributed by atoms with Crippen molar-refractivity contribution in [1.29, 1.82) is 0 Å². The average molecular weight is 261 g/mol. The third kappa shape index (κ3) is 3.01. The number of nitrogens with one attached hydrogen (secondary N) is 1. The fourth-order valence-electron chi connectivity index (χ4n) is 1.85. The molecule has 0 saturated heterocycles. The minimum Gasteiger partial charge on any atom is -0.348 e. The molecule has 2 heterocycles. The van der Waals surface area contributed by atoms with Crippen LogP contribution in [0.2, 0.25) is 0 Å². The lowest BCUT2D eigenvalue weighted by Gasteiger charge is -2.01. The maximum atomic E-state index is 12.1. The molecule has 0 radical (unpaired) electrons. The Morgan fingerprint density at radius 1 is 1.26 bits per heavy atom. The second kappa shape index (κ2) is 5.69. The van der Waals surface area contributed by atoms with Crippen LogP contribution in [0.5, 0.6) is 0 Å². The highest BCUT2D eigenvalue weighted by Crippen LogP contribution is 2.06. The van der Waals surface area contributed by atoms with E-state index in [-0.39, 0.29) is 5.91 Å². The van der Waals surface area contributed by atoms with Gasteiger partial charge in [0.05, 0.1) is 17.5 Å². The van der Waals surface area contributed by atoms with Crippen LogP contribution in [0.3, 0.4) is 0 Å². The molecule has 1 N–H and O–H groups in total. The van der Waals surface area contributed by atoms with E-state index < -0.39 is 0 Å². The molecule has 2 aromatic heterocycles. The lowest BCUT2D eigenvalue weighted by Crippen LogP contribution is -2.22. The lowest BCUT2D eigenvalue weighted by atomic mass is 10.2. The van der Waals surface area contributed by atoms with Gasteiger partial charge in [0.1, 0.15) is 0 Å². The number of rotatable bonds is 5. The zero-order valence-corrected chi connectivity index (χ0v) is 11.6. The zero-order chi connectivity index (χ0) is 13.8. The van der Waals surface area contributed by atoms with E-state index in [1.165, 1.54) is 0 Å². The number of nitrogens with zero attached hydrogens (tertiary/aromatic N) is 4. The predicted octanol–water partition coefficient (Wildman–Crippen LogP) is 1.36. The monoisotopic (exact) mass is 261 g/mol. The molecular weight excluding hydrogens is 242 g/mol. The molecule has 0 bridgehead atoms. The normalized spacial score (nSPS) is 10.7. The summed E-state index contributed by atoms with van der Waals surface area (Å²) in [6.45, 7) is 7.94. The summed E-state index contributed by atoms with van der Waals surface area (Å²) < 4.78 is 3.60. The molecule has 0 aromatic carbocycles. The minimum absolute atomic E-state index is 0.0959. The number of hydrogen-bond acceptors (Lipinski definition) is 3. The second-order valence-corrected chi connectivity index (χ2v) is 4.37. The molecule has 0 unspecified atom stereocenters. The largest absolute Gasteiger partial charge is 0.348 e. The summed E-state index contributed by atoms with van der Waals surface area (Å²) >= 11 is 0. The van der Waals surface area contributed by atoms with E-state index in [2.05, 4.69) is 15.5 Å². The molecule has 0 spiro atoms. The third-order valence-corrected chi connectivity index (χ3v) is 2.98. The van der Waals surface area contributed by atoms with Gasteiger partial charge in [0.2, 0.25) is 0 Å². The summed E-state index contributed by atoms with van der Waals surface area (Å²) in [5, 5.41) is 11.3. The van der Waals surface area contributed by atoms with Gasteiger partial charge in [0.25, 0.3) is 5.91 Å². The van der Waals surface area contributed by atoms with Crippen LogP contribution < -0.4 is 5.32 Å². The molecule has 0 aliphatic carbocycles. The summed E-state index contributed by atoms with van der Waals surface area (Å²) in [6.07, 6.45) is 5.48. The van der Waals surface area contributed by atoms with E-state index in [1.54, 1.807) is 17.1 Å². The Balaban J connectivity index is 1.98. The molecule has 6 nitrogen and oxygen atoms in total.